The normalized spacial score (nSPS) is 10.9. The van der Waals surface area contributed by atoms with Crippen molar-refractivity contribution in [3.8, 4) is 57.2 Å². The lowest BCUT2D eigenvalue weighted by atomic mass is 10.1. The summed E-state index contributed by atoms with van der Waals surface area (Å²) in [4.78, 5) is 33.0. The van der Waals surface area contributed by atoms with Crippen LogP contribution in [0.5, 0.6) is 0 Å². The predicted octanol–water partition coefficient (Wildman–Crippen LogP) is 6.86. The summed E-state index contributed by atoms with van der Waals surface area (Å²) in [5.41, 5.74) is 6.21. The number of aryl methyl sites for hydroxylation is 1. The molecule has 0 unspecified atom stereocenters. The van der Waals surface area contributed by atoms with E-state index in [1.165, 1.54) is 0 Å². The fourth-order valence-corrected chi connectivity index (χ4v) is 4.20. The van der Waals surface area contributed by atoms with Crippen molar-refractivity contribution in [3.05, 3.63) is 113 Å². The molecule has 5 heterocycles. The van der Waals surface area contributed by atoms with Gasteiger partial charge in [-0.15, -0.1) is 0 Å². The average molecular weight is 558 g/mol. The molecule has 0 saturated carbocycles. The molecule has 0 aliphatic rings. The van der Waals surface area contributed by atoms with Crippen LogP contribution in [0.25, 0.3) is 57.2 Å². The molecular weight excluding hydrogens is 538 g/mol. The highest BCUT2D eigenvalue weighted by Gasteiger charge is 2.16. The number of halogens is 1. The molecule has 0 aliphatic heterocycles. The Morgan fingerprint density at radius 2 is 0.974 bits per heavy atom. The van der Waals surface area contributed by atoms with E-state index in [9.17, 15) is 0 Å². The second-order valence-corrected chi connectivity index (χ2v) is 9.37. The van der Waals surface area contributed by atoms with E-state index in [4.69, 9.17) is 24.9 Å². The average Bonchev–Trinajstić information content (AvgIpc) is 2.99. The Balaban J connectivity index is 1.51. The standard InChI is InChI=1S/C30H20BrN7/c1-19-18-20(14-15-21(19)31)28-36-29(26-12-6-10-24(34-26)22-8-2-4-16-32-22)38-30(37-28)27-13-7-11-25(35-27)23-9-3-5-17-33-23/h2-18H,1H3. The molecule has 1 aromatic carbocycles. The van der Waals surface area contributed by atoms with Crippen molar-refractivity contribution in [2.45, 2.75) is 6.92 Å². The molecule has 0 amide bonds. The molecular formula is C30H20BrN7. The zero-order valence-corrected chi connectivity index (χ0v) is 21.9. The van der Waals surface area contributed by atoms with Gasteiger partial charge in [-0.05, 0) is 73.2 Å². The molecule has 0 atom stereocenters. The van der Waals surface area contributed by atoms with Gasteiger partial charge < -0.3 is 0 Å². The van der Waals surface area contributed by atoms with Crippen LogP contribution in [0.2, 0.25) is 0 Å². The van der Waals surface area contributed by atoms with E-state index in [0.29, 0.717) is 28.9 Å². The summed E-state index contributed by atoms with van der Waals surface area (Å²) in [6, 6.07) is 29.0. The largest absolute Gasteiger partial charge is 0.255 e. The van der Waals surface area contributed by atoms with Crippen LogP contribution >= 0.6 is 15.9 Å². The number of aromatic nitrogens is 7. The Labute approximate surface area is 227 Å². The van der Waals surface area contributed by atoms with Crippen LogP contribution in [-0.4, -0.2) is 34.9 Å². The van der Waals surface area contributed by atoms with E-state index in [-0.39, 0.29) is 0 Å². The van der Waals surface area contributed by atoms with Gasteiger partial charge in [0.1, 0.15) is 11.4 Å². The van der Waals surface area contributed by atoms with Gasteiger partial charge in [0.2, 0.25) is 0 Å². The molecule has 0 radical (unpaired) electrons. The monoisotopic (exact) mass is 557 g/mol. The lowest BCUT2D eigenvalue weighted by molar-refractivity contribution is 1.04. The Kier molecular flexibility index (Phi) is 6.46. The summed E-state index contributed by atoms with van der Waals surface area (Å²) in [6.07, 6.45) is 3.50. The summed E-state index contributed by atoms with van der Waals surface area (Å²) in [5.74, 6) is 1.44. The van der Waals surface area contributed by atoms with Gasteiger partial charge in [0.15, 0.2) is 17.5 Å². The van der Waals surface area contributed by atoms with E-state index in [0.717, 1.165) is 38.4 Å². The van der Waals surface area contributed by atoms with Crippen molar-refractivity contribution in [1.29, 1.82) is 0 Å². The van der Waals surface area contributed by atoms with Crippen LogP contribution in [0.1, 0.15) is 5.56 Å². The zero-order valence-electron chi connectivity index (χ0n) is 20.3. The van der Waals surface area contributed by atoms with Crippen LogP contribution in [-0.2, 0) is 0 Å². The summed E-state index contributed by atoms with van der Waals surface area (Å²) in [5, 5.41) is 0. The van der Waals surface area contributed by atoms with Gasteiger partial charge in [0.05, 0.1) is 22.8 Å². The van der Waals surface area contributed by atoms with Crippen molar-refractivity contribution < 1.29 is 0 Å². The highest BCUT2D eigenvalue weighted by Crippen LogP contribution is 2.28. The maximum absolute atomic E-state index is 4.83. The second kappa shape index (κ2) is 10.4. The van der Waals surface area contributed by atoms with Crippen LogP contribution in [0.15, 0.2) is 108 Å². The van der Waals surface area contributed by atoms with Gasteiger partial charge in [0, 0.05) is 22.4 Å². The predicted molar refractivity (Wildman–Crippen MR) is 151 cm³/mol. The third kappa shape index (κ3) is 4.94. The Morgan fingerprint density at radius 1 is 0.474 bits per heavy atom. The highest BCUT2D eigenvalue weighted by molar-refractivity contribution is 9.10. The quantitative estimate of drug-likeness (QED) is 0.228. The van der Waals surface area contributed by atoms with Crippen molar-refractivity contribution in [2.75, 3.05) is 0 Å². The van der Waals surface area contributed by atoms with E-state index in [2.05, 4.69) is 25.9 Å². The van der Waals surface area contributed by atoms with E-state index >= 15 is 0 Å². The minimum atomic E-state index is 0.452. The smallest absolute Gasteiger partial charge is 0.182 e. The van der Waals surface area contributed by atoms with E-state index in [1.807, 2.05) is 97.9 Å². The molecule has 0 saturated heterocycles. The third-order valence-corrected chi connectivity index (χ3v) is 6.75. The molecule has 0 spiro atoms. The van der Waals surface area contributed by atoms with E-state index < -0.39 is 0 Å². The molecule has 38 heavy (non-hydrogen) atoms. The number of hydrogen-bond donors (Lipinski definition) is 0. The zero-order chi connectivity index (χ0) is 25.9. The molecule has 8 heteroatoms. The molecule has 7 nitrogen and oxygen atoms in total. The first-order valence-electron chi connectivity index (χ1n) is 11.9. The lowest BCUT2D eigenvalue weighted by Gasteiger charge is -2.10. The third-order valence-electron chi connectivity index (χ3n) is 5.86. The Morgan fingerprint density at radius 3 is 1.47 bits per heavy atom. The molecule has 0 bridgehead atoms. The first kappa shape index (κ1) is 23.7. The Bertz CT molecular complexity index is 1640. The number of benzene rings is 1. The fourth-order valence-electron chi connectivity index (χ4n) is 3.95. The van der Waals surface area contributed by atoms with Crippen LogP contribution in [0.4, 0.5) is 0 Å². The SMILES string of the molecule is Cc1cc(-c2nc(-c3cccc(-c4ccccn4)n3)nc(-c3cccc(-c4ccccn4)n3)n2)ccc1Br. The molecule has 6 rings (SSSR count). The first-order chi connectivity index (χ1) is 18.6. The van der Waals surface area contributed by atoms with Crippen molar-refractivity contribution in [3.63, 3.8) is 0 Å². The molecule has 6 aromatic rings. The fraction of sp³-hybridized carbons (Fsp3) is 0.0333. The summed E-state index contributed by atoms with van der Waals surface area (Å²) < 4.78 is 1.02. The first-order valence-corrected chi connectivity index (χ1v) is 12.7. The Hall–Kier alpha value is -4.69. The van der Waals surface area contributed by atoms with Gasteiger partial charge in [-0.3, -0.25) is 9.97 Å². The number of nitrogens with zero attached hydrogens (tertiary/aromatic N) is 7. The minimum Gasteiger partial charge on any atom is -0.255 e. The second-order valence-electron chi connectivity index (χ2n) is 8.52. The van der Waals surface area contributed by atoms with Crippen LogP contribution < -0.4 is 0 Å². The minimum absolute atomic E-state index is 0.452. The van der Waals surface area contributed by atoms with Gasteiger partial charge >= 0.3 is 0 Å². The highest BCUT2D eigenvalue weighted by atomic mass is 79.9. The molecule has 182 valence electrons. The molecule has 0 aliphatic carbocycles. The van der Waals surface area contributed by atoms with Gasteiger partial charge in [0.25, 0.3) is 0 Å². The lowest BCUT2D eigenvalue weighted by Crippen LogP contribution is -2.03. The van der Waals surface area contributed by atoms with Crippen molar-refractivity contribution >= 4 is 15.9 Å². The molecule has 0 N–H and O–H groups in total. The molecule has 0 fully saturated rings. The topological polar surface area (TPSA) is 90.2 Å². The van der Waals surface area contributed by atoms with Crippen LogP contribution in [0.3, 0.4) is 0 Å². The van der Waals surface area contributed by atoms with Gasteiger partial charge in [-0.2, -0.15) is 0 Å². The van der Waals surface area contributed by atoms with Crippen molar-refractivity contribution in [1.82, 2.24) is 34.9 Å². The van der Waals surface area contributed by atoms with Gasteiger partial charge in [-0.1, -0.05) is 46.3 Å². The van der Waals surface area contributed by atoms with E-state index in [1.54, 1.807) is 12.4 Å². The summed E-state index contributed by atoms with van der Waals surface area (Å²) >= 11 is 3.58. The van der Waals surface area contributed by atoms with Crippen molar-refractivity contribution in [2.24, 2.45) is 0 Å². The van der Waals surface area contributed by atoms with Gasteiger partial charge in [-0.25, -0.2) is 24.9 Å². The molecule has 5 aromatic heterocycles. The van der Waals surface area contributed by atoms with Crippen LogP contribution in [0, 0.1) is 6.92 Å². The maximum atomic E-state index is 4.83. The number of hydrogen-bond acceptors (Lipinski definition) is 7. The summed E-state index contributed by atoms with van der Waals surface area (Å²) in [7, 11) is 0. The maximum Gasteiger partial charge on any atom is 0.182 e. The number of pyridine rings is 4. The number of rotatable bonds is 5. The summed E-state index contributed by atoms with van der Waals surface area (Å²) in [6.45, 7) is 2.03.